The Morgan fingerprint density at radius 1 is 0.357 bits per heavy atom. The third kappa shape index (κ3) is 4.64. The van der Waals surface area contributed by atoms with Gasteiger partial charge < -0.3 is 8.98 Å². The molecule has 5 heteroatoms. The van der Waals surface area contributed by atoms with E-state index in [-0.39, 0.29) is 0 Å². The van der Waals surface area contributed by atoms with Gasteiger partial charge in [-0.25, -0.2) is 15.0 Å². The average Bonchev–Trinajstić information content (AvgIpc) is 3.81. The molecule has 0 unspecified atom stereocenters. The van der Waals surface area contributed by atoms with E-state index in [0.29, 0.717) is 17.5 Å². The molecule has 3 aromatic heterocycles. The Kier molecular flexibility index (Phi) is 6.56. The maximum absolute atomic E-state index is 6.68. The Morgan fingerprint density at radius 3 is 1.88 bits per heavy atom. The van der Waals surface area contributed by atoms with Crippen LogP contribution in [0.15, 0.2) is 186 Å². The van der Waals surface area contributed by atoms with Crippen LogP contribution >= 0.6 is 0 Å². The van der Waals surface area contributed by atoms with Crippen molar-refractivity contribution in [2.24, 2.45) is 0 Å². The summed E-state index contributed by atoms with van der Waals surface area (Å²) in [5, 5.41) is 11.4. The molecule has 0 spiro atoms. The Morgan fingerprint density at radius 2 is 1.00 bits per heavy atom. The van der Waals surface area contributed by atoms with E-state index in [1.165, 1.54) is 21.5 Å². The highest BCUT2D eigenvalue weighted by atomic mass is 16.3. The third-order valence-corrected chi connectivity index (χ3v) is 11.2. The number of hydrogen-bond donors (Lipinski definition) is 0. The Labute approximate surface area is 320 Å². The summed E-state index contributed by atoms with van der Waals surface area (Å²) in [6.45, 7) is 0. The highest BCUT2D eigenvalue weighted by Gasteiger charge is 2.21. The van der Waals surface area contributed by atoms with Gasteiger partial charge in [0, 0.05) is 32.8 Å². The van der Waals surface area contributed by atoms with Crippen molar-refractivity contribution in [2.75, 3.05) is 0 Å². The molecule has 0 atom stereocenters. The fourth-order valence-electron chi connectivity index (χ4n) is 8.62. The quantitative estimate of drug-likeness (QED) is 0.182. The number of para-hydroxylation sites is 1. The number of hydrogen-bond acceptors (Lipinski definition) is 4. The van der Waals surface area contributed by atoms with Gasteiger partial charge in [-0.3, -0.25) is 0 Å². The van der Waals surface area contributed by atoms with Gasteiger partial charge in [0.25, 0.3) is 0 Å². The normalized spacial score (nSPS) is 11.9. The van der Waals surface area contributed by atoms with Crippen LogP contribution in [0.1, 0.15) is 0 Å². The summed E-state index contributed by atoms with van der Waals surface area (Å²) in [6.07, 6.45) is 0. The van der Waals surface area contributed by atoms with Gasteiger partial charge in [-0.15, -0.1) is 0 Å². The van der Waals surface area contributed by atoms with Crippen LogP contribution < -0.4 is 0 Å². The summed E-state index contributed by atoms with van der Waals surface area (Å²) in [4.78, 5) is 15.4. The zero-order chi connectivity index (χ0) is 36.7. The molecule has 5 nitrogen and oxygen atoms in total. The molecule has 0 saturated heterocycles. The fourth-order valence-corrected chi connectivity index (χ4v) is 8.62. The molecule has 260 valence electrons. The van der Waals surface area contributed by atoms with Crippen molar-refractivity contribution in [1.29, 1.82) is 0 Å². The van der Waals surface area contributed by atoms with Gasteiger partial charge in [-0.05, 0) is 74.8 Å². The Bertz CT molecular complexity index is 3540. The van der Waals surface area contributed by atoms with Gasteiger partial charge in [0.1, 0.15) is 11.2 Å². The third-order valence-electron chi connectivity index (χ3n) is 11.2. The lowest BCUT2D eigenvalue weighted by molar-refractivity contribution is 0.669. The second-order valence-electron chi connectivity index (χ2n) is 14.4. The van der Waals surface area contributed by atoms with Crippen LogP contribution in [0, 0.1) is 0 Å². The summed E-state index contributed by atoms with van der Waals surface area (Å²) >= 11 is 0. The van der Waals surface area contributed by atoms with Gasteiger partial charge in [-0.1, -0.05) is 140 Å². The van der Waals surface area contributed by atoms with E-state index >= 15 is 0 Å². The molecule has 0 aliphatic carbocycles. The molecular weight excluding hydrogens is 685 g/mol. The Balaban J connectivity index is 1.13. The van der Waals surface area contributed by atoms with E-state index in [2.05, 4.69) is 156 Å². The van der Waals surface area contributed by atoms with Crippen LogP contribution in [0.3, 0.4) is 0 Å². The molecule has 56 heavy (non-hydrogen) atoms. The maximum atomic E-state index is 6.68. The number of benzene rings is 9. The molecule has 0 aliphatic rings. The zero-order valence-corrected chi connectivity index (χ0v) is 30.0. The number of fused-ring (bicyclic) bond motifs is 10. The fraction of sp³-hybridized carbons (Fsp3) is 0. The van der Waals surface area contributed by atoms with Crippen molar-refractivity contribution < 1.29 is 4.42 Å². The van der Waals surface area contributed by atoms with Crippen LogP contribution in [0.25, 0.3) is 116 Å². The van der Waals surface area contributed by atoms with Crippen molar-refractivity contribution in [3.8, 4) is 39.9 Å². The first-order chi connectivity index (χ1) is 27.7. The first-order valence-corrected chi connectivity index (χ1v) is 18.9. The van der Waals surface area contributed by atoms with E-state index in [1.807, 2.05) is 30.3 Å². The minimum atomic E-state index is 0.614. The molecule has 12 aromatic rings. The number of rotatable bonds is 4. The predicted octanol–water partition coefficient (Wildman–Crippen LogP) is 13.3. The molecule has 9 aromatic carbocycles. The zero-order valence-electron chi connectivity index (χ0n) is 30.0. The molecule has 0 bridgehead atoms. The van der Waals surface area contributed by atoms with Crippen molar-refractivity contribution in [1.82, 2.24) is 19.5 Å². The van der Waals surface area contributed by atoms with E-state index in [1.54, 1.807) is 0 Å². The lowest BCUT2D eigenvalue weighted by Gasteiger charge is -2.12. The van der Waals surface area contributed by atoms with Crippen LogP contribution in [0.4, 0.5) is 0 Å². The monoisotopic (exact) mass is 714 g/mol. The van der Waals surface area contributed by atoms with Crippen LogP contribution in [-0.4, -0.2) is 19.5 Å². The number of aromatic nitrogens is 4. The minimum absolute atomic E-state index is 0.614. The van der Waals surface area contributed by atoms with E-state index in [9.17, 15) is 0 Å². The molecule has 0 aliphatic heterocycles. The topological polar surface area (TPSA) is 56.7 Å². The molecule has 0 fully saturated rings. The molecule has 0 amide bonds. The lowest BCUT2D eigenvalue weighted by Crippen LogP contribution is -2.00. The van der Waals surface area contributed by atoms with Gasteiger partial charge in [0.15, 0.2) is 17.5 Å². The van der Waals surface area contributed by atoms with Gasteiger partial charge in [-0.2, -0.15) is 0 Å². The highest BCUT2D eigenvalue weighted by molar-refractivity contribution is 6.23. The SMILES string of the molecule is c1ccc(-c2nc(-c3ccc4ccc5oc6cccc(-n7c8ccccc8c8cc9ccccc9cc87)c6c5c4c3)nc(-c3cccc4ccccc34)n2)cc1. The lowest BCUT2D eigenvalue weighted by atomic mass is 10.00. The standard InChI is InChI=1S/C51H30N4O/c1-2-13-33(14-3-1)49-52-50(54-51(53-49)39-20-10-17-31-12-6-7-18-37(31)39)36-25-24-32-26-27-46-47(40(32)29-36)48-43(22-11-23-45(48)56-46)55-42-21-9-8-19-38(42)41-28-34-15-4-5-16-35(34)30-44(41)55/h1-30H. The summed E-state index contributed by atoms with van der Waals surface area (Å²) in [5.41, 5.74) is 7.87. The van der Waals surface area contributed by atoms with Crippen LogP contribution in [0.5, 0.6) is 0 Å². The molecule has 12 rings (SSSR count). The predicted molar refractivity (Wildman–Crippen MR) is 230 cm³/mol. The van der Waals surface area contributed by atoms with Crippen LogP contribution in [0.2, 0.25) is 0 Å². The smallest absolute Gasteiger partial charge is 0.164 e. The molecular formula is C51H30N4O. The molecule has 0 saturated carbocycles. The van der Waals surface area contributed by atoms with Crippen LogP contribution in [-0.2, 0) is 0 Å². The number of furan rings is 1. The van der Waals surface area contributed by atoms with E-state index < -0.39 is 0 Å². The van der Waals surface area contributed by atoms with E-state index in [0.717, 1.165) is 76.9 Å². The summed E-state index contributed by atoms with van der Waals surface area (Å²) in [6, 6.07) is 63.9. The number of nitrogens with zero attached hydrogens (tertiary/aromatic N) is 4. The van der Waals surface area contributed by atoms with Crippen molar-refractivity contribution in [2.45, 2.75) is 0 Å². The van der Waals surface area contributed by atoms with Crippen molar-refractivity contribution >= 4 is 76.1 Å². The second-order valence-corrected chi connectivity index (χ2v) is 14.4. The Hall–Kier alpha value is -7.63. The van der Waals surface area contributed by atoms with Gasteiger partial charge in [0.05, 0.1) is 22.1 Å². The second kappa shape index (κ2) is 11.9. The largest absolute Gasteiger partial charge is 0.456 e. The van der Waals surface area contributed by atoms with E-state index in [4.69, 9.17) is 19.4 Å². The van der Waals surface area contributed by atoms with Crippen molar-refractivity contribution in [3.63, 3.8) is 0 Å². The summed E-state index contributed by atoms with van der Waals surface area (Å²) in [7, 11) is 0. The minimum Gasteiger partial charge on any atom is -0.456 e. The van der Waals surface area contributed by atoms with Gasteiger partial charge in [0.2, 0.25) is 0 Å². The highest BCUT2D eigenvalue weighted by Crippen LogP contribution is 2.42. The molecule has 3 heterocycles. The van der Waals surface area contributed by atoms with Crippen molar-refractivity contribution in [3.05, 3.63) is 182 Å². The average molecular weight is 715 g/mol. The van der Waals surface area contributed by atoms with Gasteiger partial charge >= 0.3 is 0 Å². The maximum Gasteiger partial charge on any atom is 0.164 e. The summed E-state index contributed by atoms with van der Waals surface area (Å²) in [5.74, 6) is 1.88. The molecule has 0 radical (unpaired) electrons. The molecule has 0 N–H and O–H groups in total. The summed E-state index contributed by atoms with van der Waals surface area (Å²) < 4.78 is 9.09. The first-order valence-electron chi connectivity index (χ1n) is 18.9. The first kappa shape index (κ1) is 30.8.